The van der Waals surface area contributed by atoms with Crippen molar-refractivity contribution in [3.05, 3.63) is 59.0 Å². The fourth-order valence-electron chi connectivity index (χ4n) is 4.42. The molecule has 0 bridgehead atoms. The molecular formula is C28H32FN3O4. The summed E-state index contributed by atoms with van der Waals surface area (Å²) in [5, 5.41) is 9.82. The largest absolute Gasteiger partial charge is 0.472 e. The van der Waals surface area contributed by atoms with E-state index in [2.05, 4.69) is 16.8 Å². The van der Waals surface area contributed by atoms with E-state index in [1.54, 1.807) is 48.0 Å². The third-order valence-corrected chi connectivity index (χ3v) is 7.02. The summed E-state index contributed by atoms with van der Waals surface area (Å²) in [6.45, 7) is 4.27. The minimum absolute atomic E-state index is 0.0762. The lowest BCUT2D eigenvalue weighted by Gasteiger charge is -2.38. The van der Waals surface area contributed by atoms with Gasteiger partial charge in [-0.25, -0.2) is 9.37 Å². The number of halogens is 1. The number of hydrogen-bond acceptors (Lipinski definition) is 5. The topological polar surface area (TPSA) is 83.0 Å². The summed E-state index contributed by atoms with van der Waals surface area (Å²) in [6.07, 6.45) is 4.01. The number of aromatic nitrogens is 1. The van der Waals surface area contributed by atoms with Crippen molar-refractivity contribution in [2.75, 3.05) is 26.7 Å². The lowest BCUT2D eigenvalue weighted by Crippen LogP contribution is -2.51. The molecule has 0 radical (unpaired) electrons. The highest BCUT2D eigenvalue weighted by atomic mass is 19.1. The Morgan fingerprint density at radius 2 is 2.08 bits per heavy atom. The standard InChI is InChI=1S/C28H32FN3O4/c1-18-15-32(19(2)17-33)28(35)23-13-20(11-12-21-7-4-5-10-24(21)29)14-30-26(23)36-25(18)16-31(3)27(34)22-8-6-9-22/h4-5,7,10,13-14,18-19,22,25,33H,6,8-9,15-17H2,1-3H3/t18-,19+,25+/m1/s1. The zero-order chi connectivity index (χ0) is 25.8. The first-order valence-corrected chi connectivity index (χ1v) is 12.4. The predicted octanol–water partition coefficient (Wildman–Crippen LogP) is 3.10. The summed E-state index contributed by atoms with van der Waals surface area (Å²) in [7, 11) is 1.78. The predicted molar refractivity (Wildman–Crippen MR) is 133 cm³/mol. The van der Waals surface area contributed by atoms with Gasteiger partial charge in [-0.1, -0.05) is 37.3 Å². The maximum absolute atomic E-state index is 14.0. The Hall–Kier alpha value is -3.44. The van der Waals surface area contributed by atoms with Gasteiger partial charge in [0, 0.05) is 37.2 Å². The van der Waals surface area contributed by atoms with Crippen LogP contribution in [0.2, 0.25) is 0 Å². The van der Waals surface area contributed by atoms with E-state index in [1.165, 1.54) is 12.3 Å². The van der Waals surface area contributed by atoms with Crippen LogP contribution in [0.3, 0.4) is 0 Å². The van der Waals surface area contributed by atoms with E-state index < -0.39 is 18.0 Å². The van der Waals surface area contributed by atoms with Crippen molar-refractivity contribution in [3.8, 4) is 17.7 Å². The van der Waals surface area contributed by atoms with E-state index in [0.717, 1.165) is 19.3 Å². The lowest BCUT2D eigenvalue weighted by atomic mass is 9.84. The Morgan fingerprint density at radius 3 is 2.75 bits per heavy atom. The SMILES string of the molecule is C[C@@H]1CN([C@@H](C)CO)C(=O)c2cc(C#Cc3ccccc3F)cnc2O[C@H]1CN(C)C(=O)C1CCC1. The molecule has 1 aliphatic carbocycles. The number of aliphatic hydroxyl groups is 1. The lowest BCUT2D eigenvalue weighted by molar-refractivity contribution is -0.138. The van der Waals surface area contributed by atoms with Crippen molar-refractivity contribution in [2.45, 2.75) is 45.3 Å². The fourth-order valence-corrected chi connectivity index (χ4v) is 4.42. The molecule has 7 nitrogen and oxygen atoms in total. The highest BCUT2D eigenvalue weighted by Gasteiger charge is 2.36. The monoisotopic (exact) mass is 493 g/mol. The highest BCUT2D eigenvalue weighted by Crippen LogP contribution is 2.30. The van der Waals surface area contributed by atoms with Crippen LogP contribution in [-0.2, 0) is 4.79 Å². The normalized spacial score (nSPS) is 20.6. The van der Waals surface area contributed by atoms with Crippen LogP contribution in [0.4, 0.5) is 4.39 Å². The fraction of sp³-hybridized carbons (Fsp3) is 0.464. The van der Waals surface area contributed by atoms with Crippen LogP contribution in [0.5, 0.6) is 5.88 Å². The molecule has 2 heterocycles. The van der Waals surface area contributed by atoms with E-state index in [4.69, 9.17) is 4.74 Å². The molecule has 1 N–H and O–H groups in total. The van der Waals surface area contributed by atoms with Crippen LogP contribution in [0, 0.1) is 29.5 Å². The van der Waals surface area contributed by atoms with Gasteiger partial charge in [0.15, 0.2) is 0 Å². The minimum atomic E-state index is -0.427. The van der Waals surface area contributed by atoms with Gasteiger partial charge in [0.05, 0.1) is 24.8 Å². The number of carbonyl (C=O) groups is 2. The van der Waals surface area contributed by atoms with Crippen molar-refractivity contribution in [1.29, 1.82) is 0 Å². The number of amides is 2. The van der Waals surface area contributed by atoms with Crippen LogP contribution < -0.4 is 4.74 Å². The van der Waals surface area contributed by atoms with E-state index >= 15 is 0 Å². The van der Waals surface area contributed by atoms with Crippen LogP contribution in [0.15, 0.2) is 36.5 Å². The van der Waals surface area contributed by atoms with Gasteiger partial charge in [0.1, 0.15) is 17.5 Å². The summed E-state index contributed by atoms with van der Waals surface area (Å²) in [5.74, 6) is 5.15. The molecule has 4 rings (SSSR count). The van der Waals surface area contributed by atoms with E-state index in [-0.39, 0.29) is 47.3 Å². The molecule has 2 aliphatic rings. The average molecular weight is 494 g/mol. The van der Waals surface area contributed by atoms with E-state index in [1.807, 2.05) is 6.92 Å². The number of likely N-dealkylation sites (N-methyl/N-ethyl adjacent to an activating group) is 1. The van der Waals surface area contributed by atoms with Gasteiger partial charge in [-0.15, -0.1) is 0 Å². The molecule has 1 aliphatic heterocycles. The number of pyridine rings is 1. The molecule has 190 valence electrons. The molecule has 8 heteroatoms. The van der Waals surface area contributed by atoms with Gasteiger partial charge in [-0.05, 0) is 38.0 Å². The zero-order valence-corrected chi connectivity index (χ0v) is 20.9. The van der Waals surface area contributed by atoms with Gasteiger partial charge in [0.25, 0.3) is 5.91 Å². The molecule has 2 amide bonds. The summed E-state index contributed by atoms with van der Waals surface area (Å²) in [6, 6.07) is 7.37. The molecule has 0 saturated heterocycles. The summed E-state index contributed by atoms with van der Waals surface area (Å²) < 4.78 is 20.2. The summed E-state index contributed by atoms with van der Waals surface area (Å²) in [5.41, 5.74) is 0.906. The molecular weight excluding hydrogens is 461 g/mol. The van der Waals surface area contributed by atoms with Gasteiger partial charge in [-0.2, -0.15) is 0 Å². The van der Waals surface area contributed by atoms with E-state index in [0.29, 0.717) is 18.7 Å². The number of aliphatic hydroxyl groups excluding tert-OH is 1. The van der Waals surface area contributed by atoms with Crippen molar-refractivity contribution >= 4 is 11.8 Å². The molecule has 0 unspecified atom stereocenters. The van der Waals surface area contributed by atoms with Crippen molar-refractivity contribution in [2.24, 2.45) is 11.8 Å². The number of hydrogen-bond donors (Lipinski definition) is 1. The maximum Gasteiger partial charge on any atom is 0.259 e. The Balaban J connectivity index is 1.65. The average Bonchev–Trinajstić information content (AvgIpc) is 2.84. The van der Waals surface area contributed by atoms with Gasteiger partial charge in [-0.3, -0.25) is 9.59 Å². The summed E-state index contributed by atoms with van der Waals surface area (Å²) >= 11 is 0. The molecule has 1 aromatic heterocycles. The molecule has 1 aromatic carbocycles. The second-order valence-corrected chi connectivity index (χ2v) is 9.78. The van der Waals surface area contributed by atoms with Crippen molar-refractivity contribution < 1.29 is 23.8 Å². The smallest absolute Gasteiger partial charge is 0.259 e. The van der Waals surface area contributed by atoms with Crippen LogP contribution >= 0.6 is 0 Å². The third kappa shape index (κ3) is 5.52. The first-order chi connectivity index (χ1) is 17.3. The number of carbonyl (C=O) groups excluding carboxylic acids is 2. The van der Waals surface area contributed by atoms with Crippen molar-refractivity contribution in [1.82, 2.24) is 14.8 Å². The van der Waals surface area contributed by atoms with Crippen LogP contribution in [-0.4, -0.2) is 70.6 Å². The first-order valence-electron chi connectivity index (χ1n) is 12.4. The Bertz CT molecular complexity index is 1190. The Kier molecular flexibility index (Phi) is 7.90. The summed E-state index contributed by atoms with van der Waals surface area (Å²) in [4.78, 5) is 34.0. The number of nitrogens with zero attached hydrogens (tertiary/aromatic N) is 3. The molecule has 3 atom stereocenters. The molecule has 0 spiro atoms. The molecule has 1 saturated carbocycles. The minimum Gasteiger partial charge on any atom is -0.472 e. The maximum atomic E-state index is 14.0. The van der Waals surface area contributed by atoms with Crippen LogP contribution in [0.25, 0.3) is 0 Å². The second kappa shape index (κ2) is 11.1. The van der Waals surface area contributed by atoms with Crippen LogP contribution in [0.1, 0.15) is 54.6 Å². The molecule has 1 fully saturated rings. The molecule has 2 aromatic rings. The van der Waals surface area contributed by atoms with Gasteiger partial charge < -0.3 is 19.6 Å². The number of fused-ring (bicyclic) bond motifs is 1. The number of rotatable bonds is 5. The highest BCUT2D eigenvalue weighted by molar-refractivity contribution is 5.97. The Labute approximate surface area is 211 Å². The van der Waals surface area contributed by atoms with Gasteiger partial charge in [0.2, 0.25) is 11.8 Å². The van der Waals surface area contributed by atoms with Gasteiger partial charge >= 0.3 is 0 Å². The number of ether oxygens (including phenoxy) is 1. The Morgan fingerprint density at radius 1 is 1.33 bits per heavy atom. The zero-order valence-electron chi connectivity index (χ0n) is 20.9. The first kappa shape index (κ1) is 25.6. The van der Waals surface area contributed by atoms with E-state index in [9.17, 15) is 19.1 Å². The quantitative estimate of drug-likeness (QED) is 0.648. The van der Waals surface area contributed by atoms with Crippen molar-refractivity contribution in [3.63, 3.8) is 0 Å². The molecule has 36 heavy (non-hydrogen) atoms. The number of benzene rings is 1. The second-order valence-electron chi connectivity index (χ2n) is 9.78. The third-order valence-electron chi connectivity index (χ3n) is 7.02.